The lowest BCUT2D eigenvalue weighted by atomic mass is 10.1. The van der Waals surface area contributed by atoms with Gasteiger partial charge in [-0.3, -0.25) is 0 Å². The summed E-state index contributed by atoms with van der Waals surface area (Å²) in [4.78, 5) is 4.30. The molecule has 90 valence electrons. The largest absolute Gasteiger partial charge is 0.490 e. The molecule has 1 heterocycles. The van der Waals surface area contributed by atoms with Crippen molar-refractivity contribution in [3.8, 4) is 22.4 Å². The number of hydrogen-bond donors (Lipinski definition) is 0. The second-order valence-electron chi connectivity index (χ2n) is 4.14. The molecule has 0 aliphatic rings. The summed E-state index contributed by atoms with van der Waals surface area (Å²) in [6.45, 7) is 3.87. The second-order valence-corrected chi connectivity index (χ2v) is 4.89. The summed E-state index contributed by atoms with van der Waals surface area (Å²) in [6.07, 6.45) is 0.0479. The number of nitriles is 1. The molecular weight excluding hydrogens is 245 g/mol. The fraction of sp³-hybridized carbons (Fsp3) is 0.250. The summed E-state index contributed by atoms with van der Waals surface area (Å²) in [6, 6.07) is 7.65. The van der Waals surface area contributed by atoms with Crippen LogP contribution in [-0.4, -0.2) is 23.3 Å². The summed E-state index contributed by atoms with van der Waals surface area (Å²) in [7, 11) is 1.85. The smallest absolute Gasteiger partial charge is 0.190 e. The van der Waals surface area contributed by atoms with Gasteiger partial charge >= 0.3 is 0 Å². The molecule has 2 rings (SSSR count). The van der Waals surface area contributed by atoms with Crippen molar-refractivity contribution in [1.82, 2.24) is 9.36 Å². The van der Waals surface area contributed by atoms with Gasteiger partial charge in [-0.25, -0.2) is 4.98 Å². The van der Waals surface area contributed by atoms with Gasteiger partial charge < -0.3 is 4.74 Å². The van der Waals surface area contributed by atoms with Crippen molar-refractivity contribution in [3.05, 3.63) is 23.8 Å². The van der Waals surface area contributed by atoms with Crippen molar-refractivity contribution in [2.75, 3.05) is 0 Å². The van der Waals surface area contributed by atoms with Crippen molar-refractivity contribution >= 4 is 25.1 Å². The number of nitrogens with zero attached hydrogens (tertiary/aromatic N) is 3. The van der Waals surface area contributed by atoms with Crippen LogP contribution >= 0.6 is 11.5 Å². The third kappa shape index (κ3) is 2.69. The molecule has 0 saturated heterocycles. The van der Waals surface area contributed by atoms with Gasteiger partial charge in [0.05, 0.1) is 17.4 Å². The Morgan fingerprint density at radius 2 is 2.22 bits per heavy atom. The van der Waals surface area contributed by atoms with E-state index in [0.717, 1.165) is 16.3 Å². The standard InChI is InChI=1S/C12H12BN3OS/c1-7(2)17-10-4-3-8(5-9(10)6-14)11-15-12(13)16-18-11/h3-5,7H,13H2,1-2H3. The molecule has 4 nitrogen and oxygen atoms in total. The number of hydrogen-bond acceptors (Lipinski definition) is 5. The molecular formula is C12H12BN3OS. The lowest BCUT2D eigenvalue weighted by Gasteiger charge is -2.11. The minimum atomic E-state index is 0.0479. The van der Waals surface area contributed by atoms with Crippen LogP contribution in [0.25, 0.3) is 10.6 Å². The maximum Gasteiger partial charge on any atom is 0.190 e. The van der Waals surface area contributed by atoms with E-state index in [9.17, 15) is 0 Å². The number of aromatic nitrogens is 2. The first kappa shape index (κ1) is 12.6. The molecule has 0 bridgehead atoms. The zero-order valence-electron chi connectivity index (χ0n) is 10.5. The zero-order valence-corrected chi connectivity index (χ0v) is 11.3. The Hall–Kier alpha value is -1.87. The third-order valence-electron chi connectivity index (χ3n) is 2.24. The molecule has 2 aromatic rings. The van der Waals surface area contributed by atoms with Gasteiger partial charge in [0.25, 0.3) is 0 Å². The minimum Gasteiger partial charge on any atom is -0.490 e. The van der Waals surface area contributed by atoms with Gasteiger partial charge in [-0.15, -0.1) is 0 Å². The third-order valence-corrected chi connectivity index (χ3v) is 3.09. The van der Waals surface area contributed by atoms with Crippen LogP contribution in [-0.2, 0) is 0 Å². The summed E-state index contributed by atoms with van der Waals surface area (Å²) in [5.74, 6) is 0.609. The first-order valence-corrected chi connectivity index (χ1v) is 6.39. The molecule has 1 aromatic heterocycles. The normalized spacial score (nSPS) is 10.3. The van der Waals surface area contributed by atoms with Crippen LogP contribution in [0.5, 0.6) is 5.75 Å². The second kappa shape index (κ2) is 5.19. The summed E-state index contributed by atoms with van der Waals surface area (Å²) < 4.78 is 9.71. The van der Waals surface area contributed by atoms with Gasteiger partial charge in [-0.05, 0) is 43.6 Å². The van der Waals surface area contributed by atoms with E-state index in [1.165, 1.54) is 11.5 Å². The Labute approximate surface area is 111 Å². The molecule has 6 heteroatoms. The van der Waals surface area contributed by atoms with Crippen LogP contribution in [0.4, 0.5) is 0 Å². The molecule has 0 radical (unpaired) electrons. The van der Waals surface area contributed by atoms with Crippen molar-refractivity contribution in [2.24, 2.45) is 0 Å². The quantitative estimate of drug-likeness (QED) is 0.773. The van der Waals surface area contributed by atoms with Crippen molar-refractivity contribution in [2.45, 2.75) is 20.0 Å². The van der Waals surface area contributed by atoms with Gasteiger partial charge in [-0.1, -0.05) is 0 Å². The fourth-order valence-corrected chi connectivity index (χ4v) is 2.19. The molecule has 0 fully saturated rings. The maximum absolute atomic E-state index is 9.15. The topological polar surface area (TPSA) is 58.8 Å². The molecule has 0 saturated carbocycles. The monoisotopic (exact) mass is 257 g/mol. The van der Waals surface area contributed by atoms with Crippen molar-refractivity contribution in [1.29, 1.82) is 5.26 Å². The maximum atomic E-state index is 9.15. The van der Waals surface area contributed by atoms with Crippen LogP contribution in [0.1, 0.15) is 19.4 Å². The van der Waals surface area contributed by atoms with E-state index in [2.05, 4.69) is 15.4 Å². The highest BCUT2D eigenvalue weighted by molar-refractivity contribution is 7.09. The Morgan fingerprint density at radius 1 is 1.44 bits per heavy atom. The summed E-state index contributed by atoms with van der Waals surface area (Å²) in [5, 5.41) is 9.96. The van der Waals surface area contributed by atoms with E-state index >= 15 is 0 Å². The highest BCUT2D eigenvalue weighted by Gasteiger charge is 2.10. The molecule has 0 aliphatic heterocycles. The van der Waals surface area contributed by atoms with E-state index in [1.54, 1.807) is 6.07 Å². The predicted octanol–water partition coefficient (Wildman–Crippen LogP) is 1.12. The molecule has 18 heavy (non-hydrogen) atoms. The summed E-state index contributed by atoms with van der Waals surface area (Å²) in [5.41, 5.74) is 2.17. The van der Waals surface area contributed by atoms with Crippen LogP contribution in [0.2, 0.25) is 0 Å². The highest BCUT2D eigenvalue weighted by Crippen LogP contribution is 2.27. The van der Waals surface area contributed by atoms with Gasteiger partial charge in [0.1, 0.15) is 16.8 Å². The molecule has 0 atom stereocenters. The number of benzene rings is 1. The van der Waals surface area contributed by atoms with E-state index in [0.29, 0.717) is 11.3 Å². The predicted molar refractivity (Wildman–Crippen MR) is 74.0 cm³/mol. The van der Waals surface area contributed by atoms with Crippen LogP contribution in [0.15, 0.2) is 18.2 Å². The minimum absolute atomic E-state index is 0.0479. The Bertz CT molecular complexity index is 604. The first-order chi connectivity index (χ1) is 8.60. The summed E-state index contributed by atoms with van der Waals surface area (Å²) >= 11 is 1.33. The van der Waals surface area contributed by atoms with Crippen LogP contribution < -0.4 is 10.5 Å². The average Bonchev–Trinajstić information content (AvgIpc) is 2.75. The van der Waals surface area contributed by atoms with Crippen molar-refractivity contribution < 1.29 is 4.74 Å². The molecule has 0 spiro atoms. The molecule has 0 amide bonds. The van der Waals surface area contributed by atoms with Gasteiger partial charge in [0.15, 0.2) is 7.85 Å². The van der Waals surface area contributed by atoms with E-state index in [1.807, 2.05) is 33.8 Å². The Kier molecular flexibility index (Phi) is 3.63. The van der Waals surface area contributed by atoms with Crippen molar-refractivity contribution in [3.63, 3.8) is 0 Å². The van der Waals surface area contributed by atoms with Crippen LogP contribution in [0.3, 0.4) is 0 Å². The van der Waals surface area contributed by atoms with E-state index in [4.69, 9.17) is 10.00 Å². The molecule has 0 N–H and O–H groups in total. The van der Waals surface area contributed by atoms with E-state index < -0.39 is 0 Å². The first-order valence-electron chi connectivity index (χ1n) is 5.61. The molecule has 1 aromatic carbocycles. The molecule has 0 aliphatic carbocycles. The lowest BCUT2D eigenvalue weighted by Crippen LogP contribution is -2.07. The average molecular weight is 257 g/mol. The van der Waals surface area contributed by atoms with E-state index in [-0.39, 0.29) is 6.10 Å². The zero-order chi connectivity index (χ0) is 13.1. The van der Waals surface area contributed by atoms with Crippen LogP contribution in [0, 0.1) is 11.3 Å². The van der Waals surface area contributed by atoms with Gasteiger partial charge in [-0.2, -0.15) is 9.64 Å². The lowest BCUT2D eigenvalue weighted by molar-refractivity contribution is 0.242. The van der Waals surface area contributed by atoms with Gasteiger partial charge in [0, 0.05) is 5.56 Å². The fourth-order valence-electron chi connectivity index (χ4n) is 1.52. The Balaban J connectivity index is 2.39. The number of ether oxygens (including phenoxy) is 1. The Morgan fingerprint density at radius 3 is 2.78 bits per heavy atom. The SMILES string of the molecule is Bc1nsc(-c2ccc(OC(C)C)c(C#N)c2)n1. The molecule has 0 unspecified atom stereocenters. The highest BCUT2D eigenvalue weighted by atomic mass is 32.1. The number of rotatable bonds is 3. The van der Waals surface area contributed by atoms with Gasteiger partial charge in [0.2, 0.25) is 0 Å².